The van der Waals surface area contributed by atoms with Crippen molar-refractivity contribution in [2.75, 3.05) is 19.7 Å². The molecule has 2 rings (SSSR count). The van der Waals surface area contributed by atoms with E-state index in [2.05, 4.69) is 10.2 Å². The molecule has 122 valence electrons. The summed E-state index contributed by atoms with van der Waals surface area (Å²) in [6, 6.07) is 0. The third-order valence-electron chi connectivity index (χ3n) is 3.68. The van der Waals surface area contributed by atoms with Crippen LogP contribution in [-0.2, 0) is 20.7 Å². The van der Waals surface area contributed by atoms with Crippen LogP contribution in [0.3, 0.4) is 0 Å². The molecule has 0 saturated carbocycles. The van der Waals surface area contributed by atoms with Crippen molar-refractivity contribution in [2.45, 2.75) is 45.1 Å². The van der Waals surface area contributed by atoms with Gasteiger partial charge in [-0.05, 0) is 6.92 Å². The summed E-state index contributed by atoms with van der Waals surface area (Å²) in [5.41, 5.74) is 4.20. The first kappa shape index (κ1) is 16.4. The Bertz CT molecular complexity index is 557. The molecule has 1 saturated heterocycles. The predicted octanol–water partition coefficient (Wildman–Crippen LogP) is 0.228. The maximum absolute atomic E-state index is 12.3. The number of hydrogen-bond acceptors (Lipinski definition) is 6. The van der Waals surface area contributed by atoms with Gasteiger partial charge in [-0.2, -0.15) is 0 Å². The molecule has 1 fully saturated rings. The van der Waals surface area contributed by atoms with E-state index in [0.29, 0.717) is 31.4 Å². The molecule has 8 nitrogen and oxygen atoms in total. The van der Waals surface area contributed by atoms with Crippen LogP contribution in [0.25, 0.3) is 0 Å². The average molecular weight is 310 g/mol. The minimum Gasteiger partial charge on any atom is -0.425 e. The SMILES string of the molecule is CC(C)c1nnc(CCC(=O)N2CCO[C@](C)(C(N)=O)C2)o1. The van der Waals surface area contributed by atoms with Crippen LogP contribution in [0.2, 0.25) is 0 Å². The molecular weight excluding hydrogens is 288 g/mol. The summed E-state index contributed by atoms with van der Waals surface area (Å²) in [5, 5.41) is 7.85. The van der Waals surface area contributed by atoms with Crippen molar-refractivity contribution in [1.82, 2.24) is 15.1 Å². The summed E-state index contributed by atoms with van der Waals surface area (Å²) in [4.78, 5) is 25.3. The van der Waals surface area contributed by atoms with Crippen LogP contribution < -0.4 is 5.73 Å². The Labute approximate surface area is 129 Å². The van der Waals surface area contributed by atoms with Crippen LogP contribution in [0.1, 0.15) is 44.9 Å². The fraction of sp³-hybridized carbons (Fsp3) is 0.714. The maximum atomic E-state index is 12.3. The minimum absolute atomic E-state index is 0.0833. The van der Waals surface area contributed by atoms with Crippen LogP contribution in [0.15, 0.2) is 4.42 Å². The van der Waals surface area contributed by atoms with Gasteiger partial charge in [0.1, 0.15) is 0 Å². The van der Waals surface area contributed by atoms with Gasteiger partial charge in [0.15, 0.2) is 5.60 Å². The highest BCUT2D eigenvalue weighted by atomic mass is 16.5. The number of nitrogens with two attached hydrogens (primary N) is 1. The van der Waals surface area contributed by atoms with Crippen LogP contribution in [0, 0.1) is 0 Å². The zero-order valence-electron chi connectivity index (χ0n) is 13.2. The number of nitrogens with zero attached hydrogens (tertiary/aromatic N) is 3. The molecule has 1 aliphatic rings. The summed E-state index contributed by atoms with van der Waals surface area (Å²) in [6.07, 6.45) is 0.623. The summed E-state index contributed by atoms with van der Waals surface area (Å²) in [6.45, 7) is 6.43. The standard InChI is InChI=1S/C14H22N4O4/c1-9(2)12-17-16-10(22-12)4-5-11(19)18-6-7-21-14(3,8-18)13(15)20/h9H,4-8H2,1-3H3,(H2,15,20)/t14-/m0/s1. The minimum atomic E-state index is -1.12. The van der Waals surface area contributed by atoms with E-state index in [9.17, 15) is 9.59 Å². The van der Waals surface area contributed by atoms with Gasteiger partial charge in [-0.15, -0.1) is 10.2 Å². The summed E-state index contributed by atoms with van der Waals surface area (Å²) >= 11 is 0. The molecule has 0 radical (unpaired) electrons. The second kappa shape index (κ2) is 6.43. The molecule has 1 aliphatic heterocycles. The quantitative estimate of drug-likeness (QED) is 0.833. The summed E-state index contributed by atoms with van der Waals surface area (Å²) in [7, 11) is 0. The third-order valence-corrected chi connectivity index (χ3v) is 3.68. The predicted molar refractivity (Wildman–Crippen MR) is 76.8 cm³/mol. The molecule has 1 aromatic rings. The molecule has 0 aliphatic carbocycles. The van der Waals surface area contributed by atoms with Crippen molar-refractivity contribution >= 4 is 11.8 Å². The highest BCUT2D eigenvalue weighted by molar-refractivity contribution is 5.85. The second-order valence-corrected chi connectivity index (χ2v) is 5.95. The second-order valence-electron chi connectivity index (χ2n) is 5.95. The van der Waals surface area contributed by atoms with Gasteiger partial charge in [-0.25, -0.2) is 0 Å². The number of morpholine rings is 1. The van der Waals surface area contributed by atoms with E-state index in [4.69, 9.17) is 14.9 Å². The molecule has 0 aromatic carbocycles. The number of primary amides is 1. The third kappa shape index (κ3) is 3.62. The number of carbonyl (C=O) groups excluding carboxylic acids is 2. The van der Waals surface area contributed by atoms with Crippen LogP contribution in [-0.4, -0.2) is 52.2 Å². The smallest absolute Gasteiger partial charge is 0.251 e. The van der Waals surface area contributed by atoms with Crippen molar-refractivity contribution < 1.29 is 18.7 Å². The largest absolute Gasteiger partial charge is 0.425 e. The highest BCUT2D eigenvalue weighted by Gasteiger charge is 2.39. The molecule has 2 amide bonds. The first-order valence-corrected chi connectivity index (χ1v) is 7.36. The lowest BCUT2D eigenvalue weighted by Gasteiger charge is -2.38. The van der Waals surface area contributed by atoms with Gasteiger partial charge in [-0.3, -0.25) is 9.59 Å². The maximum Gasteiger partial charge on any atom is 0.251 e. The fourth-order valence-electron chi connectivity index (χ4n) is 2.20. The Kier molecular flexibility index (Phi) is 4.80. The Hall–Kier alpha value is -1.96. The first-order valence-electron chi connectivity index (χ1n) is 7.36. The van der Waals surface area contributed by atoms with Crippen molar-refractivity contribution in [3.8, 4) is 0 Å². The lowest BCUT2D eigenvalue weighted by molar-refractivity contribution is -0.160. The zero-order valence-corrected chi connectivity index (χ0v) is 13.2. The van der Waals surface area contributed by atoms with Gasteiger partial charge < -0.3 is 19.8 Å². The van der Waals surface area contributed by atoms with Gasteiger partial charge in [0.2, 0.25) is 17.7 Å². The van der Waals surface area contributed by atoms with Crippen molar-refractivity contribution in [1.29, 1.82) is 0 Å². The molecule has 0 spiro atoms. The van der Waals surface area contributed by atoms with Gasteiger partial charge in [0, 0.05) is 25.3 Å². The molecule has 2 heterocycles. The molecule has 2 N–H and O–H groups in total. The van der Waals surface area contributed by atoms with Crippen molar-refractivity contribution in [2.24, 2.45) is 5.73 Å². The number of hydrogen-bond donors (Lipinski definition) is 1. The Morgan fingerprint density at radius 1 is 1.41 bits per heavy atom. The summed E-state index contributed by atoms with van der Waals surface area (Å²) < 4.78 is 10.9. The van der Waals surface area contributed by atoms with Gasteiger partial charge in [0.25, 0.3) is 5.91 Å². The van der Waals surface area contributed by atoms with Crippen molar-refractivity contribution in [3.05, 3.63) is 11.8 Å². The number of rotatable bonds is 5. The topological polar surface area (TPSA) is 112 Å². The van der Waals surface area contributed by atoms with Crippen LogP contribution in [0.5, 0.6) is 0 Å². The average Bonchev–Trinajstić information content (AvgIpc) is 2.93. The molecule has 22 heavy (non-hydrogen) atoms. The van der Waals surface area contributed by atoms with E-state index in [1.807, 2.05) is 13.8 Å². The molecular formula is C14H22N4O4. The van der Waals surface area contributed by atoms with Gasteiger partial charge in [-0.1, -0.05) is 13.8 Å². The van der Waals surface area contributed by atoms with E-state index in [1.54, 1.807) is 11.8 Å². The highest BCUT2D eigenvalue weighted by Crippen LogP contribution is 2.18. The van der Waals surface area contributed by atoms with Crippen LogP contribution in [0.4, 0.5) is 0 Å². The molecule has 1 aromatic heterocycles. The molecule has 1 atom stereocenters. The normalized spacial score (nSPS) is 22.1. The molecule has 8 heteroatoms. The number of amides is 2. The van der Waals surface area contributed by atoms with Gasteiger partial charge >= 0.3 is 0 Å². The zero-order chi connectivity index (χ0) is 16.3. The Morgan fingerprint density at radius 2 is 2.14 bits per heavy atom. The Morgan fingerprint density at radius 3 is 2.73 bits per heavy atom. The fourth-order valence-corrected chi connectivity index (χ4v) is 2.20. The number of aryl methyl sites for hydroxylation is 1. The summed E-state index contributed by atoms with van der Waals surface area (Å²) in [5.74, 6) is 0.522. The van der Waals surface area contributed by atoms with E-state index in [0.717, 1.165) is 0 Å². The monoisotopic (exact) mass is 310 g/mol. The lowest BCUT2D eigenvalue weighted by atomic mass is 10.0. The van der Waals surface area contributed by atoms with Gasteiger partial charge in [0.05, 0.1) is 13.2 Å². The van der Waals surface area contributed by atoms with E-state index in [1.165, 1.54) is 0 Å². The number of carbonyl (C=O) groups is 2. The van der Waals surface area contributed by atoms with E-state index < -0.39 is 11.5 Å². The first-order chi connectivity index (χ1) is 10.3. The van der Waals surface area contributed by atoms with Crippen molar-refractivity contribution in [3.63, 3.8) is 0 Å². The Balaban J connectivity index is 1.90. The lowest BCUT2D eigenvalue weighted by Crippen LogP contribution is -2.58. The van der Waals surface area contributed by atoms with E-state index in [-0.39, 0.29) is 24.8 Å². The molecule has 0 unspecified atom stereocenters. The van der Waals surface area contributed by atoms with Crippen LogP contribution >= 0.6 is 0 Å². The molecule has 0 bridgehead atoms. The number of aromatic nitrogens is 2. The van der Waals surface area contributed by atoms with E-state index >= 15 is 0 Å². The number of ether oxygens (including phenoxy) is 1.